The molecule has 0 amide bonds. The summed E-state index contributed by atoms with van der Waals surface area (Å²) in [5.41, 5.74) is 4.02. The van der Waals surface area contributed by atoms with E-state index >= 15 is 0 Å². The third-order valence-corrected chi connectivity index (χ3v) is 4.54. The molecule has 3 nitrogen and oxygen atoms in total. The van der Waals surface area contributed by atoms with E-state index in [9.17, 15) is 0 Å². The van der Waals surface area contributed by atoms with Crippen molar-refractivity contribution in [2.45, 2.75) is 25.2 Å². The molecule has 2 aromatic rings. The SMILES string of the molecule is CCc1cc(CC2(c3ccc(Cl)cc3)CNC2)n(C)n1. The molecule has 0 bridgehead atoms. The van der Waals surface area contributed by atoms with Crippen LogP contribution in [-0.2, 0) is 25.3 Å². The van der Waals surface area contributed by atoms with Crippen molar-refractivity contribution in [3.05, 3.63) is 52.3 Å². The molecule has 106 valence electrons. The molecule has 1 aromatic carbocycles. The second-order valence-corrected chi connectivity index (χ2v) is 6.11. The van der Waals surface area contributed by atoms with E-state index in [1.54, 1.807) is 0 Å². The summed E-state index contributed by atoms with van der Waals surface area (Å²) in [4.78, 5) is 0. The lowest BCUT2D eigenvalue weighted by Crippen LogP contribution is -2.58. The Kier molecular flexibility index (Phi) is 3.57. The van der Waals surface area contributed by atoms with Gasteiger partial charge in [-0.15, -0.1) is 0 Å². The van der Waals surface area contributed by atoms with Gasteiger partial charge < -0.3 is 5.32 Å². The smallest absolute Gasteiger partial charge is 0.0624 e. The Bertz CT molecular complexity index is 597. The maximum absolute atomic E-state index is 6.00. The average Bonchev–Trinajstić information content (AvgIpc) is 2.76. The van der Waals surface area contributed by atoms with Gasteiger partial charge in [0.25, 0.3) is 0 Å². The number of aryl methyl sites for hydroxylation is 2. The number of halogens is 1. The van der Waals surface area contributed by atoms with E-state index in [1.807, 2.05) is 23.9 Å². The minimum atomic E-state index is 0.184. The maximum Gasteiger partial charge on any atom is 0.0624 e. The molecule has 2 heterocycles. The van der Waals surface area contributed by atoms with Crippen molar-refractivity contribution >= 4 is 11.6 Å². The van der Waals surface area contributed by atoms with E-state index < -0.39 is 0 Å². The fourth-order valence-corrected chi connectivity index (χ4v) is 3.04. The first-order valence-corrected chi connectivity index (χ1v) is 7.49. The highest BCUT2D eigenvalue weighted by atomic mass is 35.5. The second-order valence-electron chi connectivity index (χ2n) is 5.67. The van der Waals surface area contributed by atoms with Crippen LogP contribution in [0, 0.1) is 0 Å². The minimum absolute atomic E-state index is 0.184. The predicted molar refractivity (Wildman–Crippen MR) is 82.3 cm³/mol. The van der Waals surface area contributed by atoms with Crippen molar-refractivity contribution in [1.29, 1.82) is 0 Å². The first-order chi connectivity index (χ1) is 9.63. The van der Waals surface area contributed by atoms with Gasteiger partial charge in [-0.3, -0.25) is 4.68 Å². The summed E-state index contributed by atoms with van der Waals surface area (Å²) in [5.74, 6) is 0. The van der Waals surface area contributed by atoms with Crippen LogP contribution in [0.1, 0.15) is 23.9 Å². The Balaban J connectivity index is 1.89. The molecule has 0 unspecified atom stereocenters. The number of aromatic nitrogens is 2. The summed E-state index contributed by atoms with van der Waals surface area (Å²) in [7, 11) is 2.04. The van der Waals surface area contributed by atoms with Crippen molar-refractivity contribution in [2.75, 3.05) is 13.1 Å². The molecule has 3 rings (SSSR count). The van der Waals surface area contributed by atoms with Crippen LogP contribution < -0.4 is 5.32 Å². The van der Waals surface area contributed by atoms with Crippen molar-refractivity contribution in [1.82, 2.24) is 15.1 Å². The summed E-state index contributed by atoms with van der Waals surface area (Å²) < 4.78 is 2.02. The number of hydrogen-bond acceptors (Lipinski definition) is 2. The summed E-state index contributed by atoms with van der Waals surface area (Å²) in [5, 5.41) is 8.76. The van der Waals surface area contributed by atoms with Crippen LogP contribution in [0.4, 0.5) is 0 Å². The standard InChI is InChI=1S/C16H20ClN3/c1-3-14-8-15(20(2)19-14)9-16(10-18-11-16)12-4-6-13(17)7-5-12/h4-8,18H,3,9-11H2,1-2H3. The van der Waals surface area contributed by atoms with Crippen LogP contribution in [0.25, 0.3) is 0 Å². The van der Waals surface area contributed by atoms with Gasteiger partial charge in [0.1, 0.15) is 0 Å². The molecule has 20 heavy (non-hydrogen) atoms. The van der Waals surface area contributed by atoms with Crippen molar-refractivity contribution in [3.8, 4) is 0 Å². The van der Waals surface area contributed by atoms with Crippen molar-refractivity contribution < 1.29 is 0 Å². The van der Waals surface area contributed by atoms with Gasteiger partial charge >= 0.3 is 0 Å². The predicted octanol–water partition coefficient (Wildman–Crippen LogP) is 2.72. The highest BCUT2D eigenvalue weighted by Crippen LogP contribution is 2.33. The molecule has 4 heteroatoms. The highest BCUT2D eigenvalue weighted by molar-refractivity contribution is 6.30. The van der Waals surface area contributed by atoms with Crippen LogP contribution in [0.2, 0.25) is 5.02 Å². The van der Waals surface area contributed by atoms with E-state index in [2.05, 4.69) is 35.5 Å². The minimum Gasteiger partial charge on any atom is -0.315 e. The van der Waals surface area contributed by atoms with Gasteiger partial charge in [0.15, 0.2) is 0 Å². The van der Waals surface area contributed by atoms with E-state index in [0.29, 0.717) is 0 Å². The average molecular weight is 290 g/mol. The molecule has 1 aromatic heterocycles. The third kappa shape index (κ3) is 2.36. The molecule has 1 aliphatic heterocycles. The normalized spacial score (nSPS) is 16.9. The zero-order valence-electron chi connectivity index (χ0n) is 12.0. The number of hydrogen-bond donors (Lipinski definition) is 1. The maximum atomic E-state index is 6.00. The number of nitrogens with one attached hydrogen (secondary N) is 1. The van der Waals surface area contributed by atoms with Gasteiger partial charge in [-0.25, -0.2) is 0 Å². The molecule has 1 N–H and O–H groups in total. The molecular weight excluding hydrogens is 270 g/mol. The molecule has 0 atom stereocenters. The number of nitrogens with zero attached hydrogens (tertiary/aromatic N) is 2. The molecule has 0 saturated carbocycles. The Morgan fingerprint density at radius 3 is 2.50 bits per heavy atom. The topological polar surface area (TPSA) is 29.9 Å². The number of rotatable bonds is 4. The summed E-state index contributed by atoms with van der Waals surface area (Å²) in [6.45, 7) is 4.18. The molecule has 1 saturated heterocycles. The highest BCUT2D eigenvalue weighted by Gasteiger charge is 2.39. The molecule has 0 radical (unpaired) electrons. The van der Waals surface area contributed by atoms with E-state index in [1.165, 1.54) is 17.0 Å². The van der Waals surface area contributed by atoms with Gasteiger partial charge in [0, 0.05) is 42.7 Å². The van der Waals surface area contributed by atoms with Gasteiger partial charge in [-0.2, -0.15) is 5.10 Å². The summed E-state index contributed by atoms with van der Waals surface area (Å²) in [6, 6.07) is 10.5. The van der Waals surface area contributed by atoms with Crippen LogP contribution in [0.5, 0.6) is 0 Å². The lowest BCUT2D eigenvalue weighted by molar-refractivity contribution is 0.270. The fraction of sp³-hybridized carbons (Fsp3) is 0.438. The third-order valence-electron chi connectivity index (χ3n) is 4.29. The van der Waals surface area contributed by atoms with E-state index in [-0.39, 0.29) is 5.41 Å². The molecule has 1 fully saturated rings. The van der Waals surface area contributed by atoms with E-state index in [4.69, 9.17) is 11.6 Å². The largest absolute Gasteiger partial charge is 0.315 e. The first kappa shape index (κ1) is 13.7. The van der Waals surface area contributed by atoms with Crippen LogP contribution in [0.3, 0.4) is 0 Å². The van der Waals surface area contributed by atoms with Crippen LogP contribution in [0.15, 0.2) is 30.3 Å². The Morgan fingerprint density at radius 2 is 2.00 bits per heavy atom. The Labute approximate surface area is 124 Å². The zero-order valence-corrected chi connectivity index (χ0v) is 12.7. The quantitative estimate of drug-likeness (QED) is 0.938. The Morgan fingerprint density at radius 1 is 1.30 bits per heavy atom. The van der Waals surface area contributed by atoms with Crippen LogP contribution in [-0.4, -0.2) is 22.9 Å². The monoisotopic (exact) mass is 289 g/mol. The van der Waals surface area contributed by atoms with Gasteiger partial charge in [-0.05, 0) is 30.2 Å². The Hall–Kier alpha value is -1.32. The van der Waals surface area contributed by atoms with Gasteiger partial charge in [0.2, 0.25) is 0 Å². The zero-order chi connectivity index (χ0) is 14.2. The summed E-state index contributed by atoms with van der Waals surface area (Å²) >= 11 is 6.00. The lowest BCUT2D eigenvalue weighted by Gasteiger charge is -2.43. The molecule has 0 spiro atoms. The van der Waals surface area contributed by atoms with Crippen LogP contribution >= 0.6 is 11.6 Å². The fourth-order valence-electron chi connectivity index (χ4n) is 2.92. The van der Waals surface area contributed by atoms with Crippen molar-refractivity contribution in [3.63, 3.8) is 0 Å². The summed E-state index contributed by atoms with van der Waals surface area (Å²) in [6.07, 6.45) is 2.01. The molecule has 1 aliphatic rings. The molecular formula is C16H20ClN3. The first-order valence-electron chi connectivity index (χ1n) is 7.11. The van der Waals surface area contributed by atoms with Crippen molar-refractivity contribution in [2.24, 2.45) is 7.05 Å². The van der Waals surface area contributed by atoms with E-state index in [0.717, 1.165) is 31.0 Å². The van der Waals surface area contributed by atoms with Gasteiger partial charge in [-0.1, -0.05) is 30.7 Å². The number of benzene rings is 1. The molecule has 0 aliphatic carbocycles. The van der Waals surface area contributed by atoms with Gasteiger partial charge in [0.05, 0.1) is 5.69 Å². The lowest BCUT2D eigenvalue weighted by atomic mass is 9.72. The second kappa shape index (κ2) is 5.23.